The topological polar surface area (TPSA) is 55.6 Å². The molecule has 1 fully saturated rings. The minimum atomic E-state index is 0.183. The van der Waals surface area contributed by atoms with Crippen molar-refractivity contribution in [1.29, 1.82) is 0 Å². The van der Waals surface area contributed by atoms with Crippen LogP contribution in [0.3, 0.4) is 0 Å². The lowest BCUT2D eigenvalue weighted by atomic mass is 9.91. The molecule has 2 heterocycles. The van der Waals surface area contributed by atoms with Crippen LogP contribution >= 0.6 is 11.3 Å². The van der Waals surface area contributed by atoms with E-state index in [1.54, 1.807) is 11.3 Å². The van der Waals surface area contributed by atoms with Crippen molar-refractivity contribution in [2.24, 2.45) is 5.73 Å². The molecule has 0 bridgehead atoms. The molecule has 2 aromatic rings. The zero-order valence-electron chi connectivity index (χ0n) is 15.1. The highest BCUT2D eigenvalue weighted by molar-refractivity contribution is 7.17. The lowest BCUT2D eigenvalue weighted by Gasteiger charge is -2.31. The fourth-order valence-corrected chi connectivity index (χ4v) is 5.13. The van der Waals surface area contributed by atoms with Crippen LogP contribution in [0.5, 0.6) is 0 Å². The summed E-state index contributed by atoms with van der Waals surface area (Å²) in [6.45, 7) is 2.96. The number of likely N-dealkylation sites (tertiary alicyclic amines) is 1. The maximum atomic E-state index is 13.0. The molecule has 1 aromatic heterocycles. The highest BCUT2D eigenvalue weighted by atomic mass is 32.1. The average Bonchev–Trinajstić information content (AvgIpc) is 3.13. The number of rotatable bonds is 5. The normalized spacial score (nSPS) is 17.0. The molecule has 138 valence electrons. The van der Waals surface area contributed by atoms with Crippen LogP contribution in [0.2, 0.25) is 0 Å². The molecule has 1 saturated heterocycles. The van der Waals surface area contributed by atoms with Crippen molar-refractivity contribution < 1.29 is 9.53 Å². The molecule has 1 aliphatic carbocycles. The molecule has 4 nitrogen and oxygen atoms in total. The monoisotopic (exact) mass is 370 g/mol. The second-order valence-electron chi connectivity index (χ2n) is 7.13. The summed E-state index contributed by atoms with van der Waals surface area (Å²) in [6.07, 6.45) is 5.12. The Balaban J connectivity index is 1.42. The number of ether oxygens (including phenoxy) is 1. The fourth-order valence-electron chi connectivity index (χ4n) is 3.89. The Hall–Kier alpha value is -1.69. The summed E-state index contributed by atoms with van der Waals surface area (Å²) >= 11 is 1.66. The molecule has 1 amide bonds. The van der Waals surface area contributed by atoms with Crippen LogP contribution < -0.4 is 5.73 Å². The summed E-state index contributed by atoms with van der Waals surface area (Å²) in [5.41, 5.74) is 9.55. The lowest BCUT2D eigenvalue weighted by Crippen LogP contribution is -2.40. The van der Waals surface area contributed by atoms with Crippen LogP contribution in [0.1, 0.15) is 40.1 Å². The summed E-state index contributed by atoms with van der Waals surface area (Å²) in [4.78, 5) is 17.1. The van der Waals surface area contributed by atoms with E-state index in [2.05, 4.69) is 30.3 Å². The molecule has 1 aliphatic heterocycles. The van der Waals surface area contributed by atoms with E-state index in [1.165, 1.54) is 21.6 Å². The van der Waals surface area contributed by atoms with E-state index in [0.29, 0.717) is 6.54 Å². The smallest absolute Gasteiger partial charge is 0.263 e. The number of piperidine rings is 1. The van der Waals surface area contributed by atoms with Crippen LogP contribution in [-0.4, -0.2) is 43.2 Å². The summed E-state index contributed by atoms with van der Waals surface area (Å²) in [6, 6.07) is 10.7. The molecule has 0 spiro atoms. The summed E-state index contributed by atoms with van der Waals surface area (Å²) < 4.78 is 5.85. The largest absolute Gasteiger partial charge is 0.378 e. The zero-order chi connectivity index (χ0) is 17.9. The van der Waals surface area contributed by atoms with Gasteiger partial charge < -0.3 is 15.4 Å². The van der Waals surface area contributed by atoms with E-state index in [9.17, 15) is 4.79 Å². The van der Waals surface area contributed by atoms with Gasteiger partial charge >= 0.3 is 0 Å². The molecule has 5 heteroatoms. The highest BCUT2D eigenvalue weighted by Gasteiger charge is 2.27. The maximum absolute atomic E-state index is 13.0. The fraction of sp³-hybridized carbons (Fsp3) is 0.476. The molecule has 0 radical (unpaired) electrons. The van der Waals surface area contributed by atoms with E-state index in [4.69, 9.17) is 10.5 Å². The van der Waals surface area contributed by atoms with Gasteiger partial charge in [-0.3, -0.25) is 4.79 Å². The van der Waals surface area contributed by atoms with E-state index < -0.39 is 0 Å². The first kappa shape index (κ1) is 17.7. The van der Waals surface area contributed by atoms with Gasteiger partial charge in [0.2, 0.25) is 0 Å². The Bertz CT molecular complexity index is 778. The van der Waals surface area contributed by atoms with Crippen LogP contribution in [0.4, 0.5) is 0 Å². The average molecular weight is 371 g/mol. The summed E-state index contributed by atoms with van der Waals surface area (Å²) in [7, 11) is 0. The highest BCUT2D eigenvalue weighted by Crippen LogP contribution is 2.40. The van der Waals surface area contributed by atoms with E-state index in [0.717, 1.165) is 56.7 Å². The maximum Gasteiger partial charge on any atom is 0.263 e. The van der Waals surface area contributed by atoms with Gasteiger partial charge in [0.25, 0.3) is 5.91 Å². The Kier molecular flexibility index (Phi) is 5.38. The van der Waals surface area contributed by atoms with Gasteiger partial charge in [0.15, 0.2) is 0 Å². The van der Waals surface area contributed by atoms with Crippen molar-refractivity contribution in [1.82, 2.24) is 4.90 Å². The number of carbonyl (C=O) groups is 1. The van der Waals surface area contributed by atoms with Gasteiger partial charge in [-0.2, -0.15) is 0 Å². The van der Waals surface area contributed by atoms with Gasteiger partial charge in [0.1, 0.15) is 0 Å². The van der Waals surface area contributed by atoms with Gasteiger partial charge in [-0.15, -0.1) is 11.3 Å². The number of amides is 1. The first-order chi connectivity index (χ1) is 12.8. The molecular formula is C21H26N2O2S. The van der Waals surface area contributed by atoms with Crippen LogP contribution in [0, 0.1) is 0 Å². The lowest BCUT2D eigenvalue weighted by molar-refractivity contribution is 0.00857. The molecule has 2 N–H and O–H groups in total. The summed E-state index contributed by atoms with van der Waals surface area (Å²) in [5, 5.41) is 0. The molecular weight excluding hydrogens is 344 g/mol. The third kappa shape index (κ3) is 3.56. The van der Waals surface area contributed by atoms with Crippen LogP contribution in [0.25, 0.3) is 10.4 Å². The molecule has 0 unspecified atom stereocenters. The Labute approximate surface area is 159 Å². The predicted octanol–water partition coefficient (Wildman–Crippen LogP) is 3.48. The third-order valence-electron chi connectivity index (χ3n) is 5.38. The first-order valence-electron chi connectivity index (χ1n) is 9.58. The van der Waals surface area contributed by atoms with Gasteiger partial charge in [-0.05, 0) is 61.4 Å². The Morgan fingerprint density at radius 2 is 1.96 bits per heavy atom. The minimum Gasteiger partial charge on any atom is -0.378 e. The number of nitrogens with two attached hydrogens (primary N) is 1. The van der Waals surface area contributed by atoms with Crippen LogP contribution in [0.15, 0.2) is 30.3 Å². The second-order valence-corrected chi connectivity index (χ2v) is 8.18. The number of fused-ring (bicyclic) bond motifs is 3. The Morgan fingerprint density at radius 3 is 2.77 bits per heavy atom. The number of thiophene rings is 1. The van der Waals surface area contributed by atoms with E-state index in [-0.39, 0.29) is 12.0 Å². The van der Waals surface area contributed by atoms with Crippen molar-refractivity contribution in [2.75, 3.05) is 26.2 Å². The van der Waals surface area contributed by atoms with Crippen molar-refractivity contribution in [3.05, 3.63) is 46.3 Å². The van der Waals surface area contributed by atoms with Gasteiger partial charge in [-0.1, -0.05) is 24.3 Å². The van der Waals surface area contributed by atoms with Gasteiger partial charge in [0.05, 0.1) is 11.0 Å². The minimum absolute atomic E-state index is 0.183. The number of hydrogen-bond donors (Lipinski definition) is 1. The zero-order valence-corrected chi connectivity index (χ0v) is 15.9. The molecule has 26 heavy (non-hydrogen) atoms. The predicted molar refractivity (Wildman–Crippen MR) is 106 cm³/mol. The quantitative estimate of drug-likeness (QED) is 0.820. The van der Waals surface area contributed by atoms with Crippen molar-refractivity contribution >= 4 is 17.2 Å². The SMILES string of the molecule is NCCCOC1CCN(C(=O)c2cc3c(s2)-c2ccccc2CC3)CC1. The molecule has 4 rings (SSSR count). The first-order valence-corrected chi connectivity index (χ1v) is 10.4. The molecule has 2 aliphatic rings. The molecule has 0 saturated carbocycles. The Morgan fingerprint density at radius 1 is 1.19 bits per heavy atom. The van der Waals surface area contributed by atoms with Crippen molar-refractivity contribution in [2.45, 2.75) is 38.2 Å². The molecule has 1 aromatic carbocycles. The number of aryl methyl sites for hydroxylation is 2. The number of hydrogen-bond acceptors (Lipinski definition) is 4. The summed E-state index contributed by atoms with van der Waals surface area (Å²) in [5.74, 6) is 0.183. The van der Waals surface area contributed by atoms with Gasteiger partial charge in [0, 0.05) is 24.6 Å². The second kappa shape index (κ2) is 7.91. The van der Waals surface area contributed by atoms with Crippen LogP contribution in [-0.2, 0) is 17.6 Å². The van der Waals surface area contributed by atoms with E-state index in [1.807, 2.05) is 4.90 Å². The number of carbonyl (C=O) groups excluding carboxylic acids is 1. The van der Waals surface area contributed by atoms with E-state index >= 15 is 0 Å². The van der Waals surface area contributed by atoms with Gasteiger partial charge in [-0.25, -0.2) is 0 Å². The standard InChI is InChI=1S/C21H26N2O2S/c22-10-3-13-25-17-8-11-23(12-9-17)21(24)19-14-16-7-6-15-4-1-2-5-18(15)20(16)26-19/h1-2,4-5,14,17H,3,6-13,22H2. The molecule has 0 atom stereocenters. The number of benzene rings is 1. The van der Waals surface area contributed by atoms with Crippen molar-refractivity contribution in [3.8, 4) is 10.4 Å². The number of nitrogens with zero attached hydrogens (tertiary/aromatic N) is 1. The van der Waals surface area contributed by atoms with Crippen molar-refractivity contribution in [3.63, 3.8) is 0 Å². The third-order valence-corrected chi connectivity index (χ3v) is 6.58.